The van der Waals surface area contributed by atoms with Crippen molar-refractivity contribution in [1.29, 1.82) is 0 Å². The highest BCUT2D eigenvalue weighted by atomic mass is 32.2. The second-order valence-corrected chi connectivity index (χ2v) is 5.31. The predicted octanol–water partition coefficient (Wildman–Crippen LogP) is 3.71. The lowest BCUT2D eigenvalue weighted by Crippen LogP contribution is -2.31. The molecule has 0 heterocycles. The molecule has 0 unspecified atom stereocenters. The summed E-state index contributed by atoms with van der Waals surface area (Å²) in [5.41, 5.74) is 0.824. The van der Waals surface area contributed by atoms with Gasteiger partial charge < -0.3 is 0 Å². The van der Waals surface area contributed by atoms with Gasteiger partial charge in [0.15, 0.2) is 5.78 Å². The lowest BCUT2D eigenvalue weighted by Gasteiger charge is -2.19. The Hall–Kier alpha value is -0.800. The standard InChI is InChI=1S/C15H23NOS/c1-4-10-16(11-5-2)12-15(17)13-6-8-14(18-3)9-7-13/h6-9H,4-5,10-12H2,1-3H3. The normalized spacial score (nSPS) is 10.9. The van der Waals surface area contributed by atoms with Gasteiger partial charge in [-0.3, -0.25) is 9.69 Å². The van der Waals surface area contributed by atoms with Crippen LogP contribution >= 0.6 is 11.8 Å². The number of hydrogen-bond donors (Lipinski definition) is 0. The van der Waals surface area contributed by atoms with E-state index in [1.54, 1.807) is 11.8 Å². The second kappa shape index (κ2) is 8.33. The molecule has 1 aromatic carbocycles. The van der Waals surface area contributed by atoms with E-state index < -0.39 is 0 Å². The summed E-state index contributed by atoms with van der Waals surface area (Å²) in [5.74, 6) is 0.226. The first-order valence-electron chi connectivity index (χ1n) is 6.60. The second-order valence-electron chi connectivity index (χ2n) is 4.43. The molecule has 0 radical (unpaired) electrons. The number of Topliss-reactive ketones (excluding diaryl/α,β-unsaturated/α-hetero) is 1. The van der Waals surface area contributed by atoms with Gasteiger partial charge in [-0.25, -0.2) is 0 Å². The number of thioether (sulfide) groups is 1. The van der Waals surface area contributed by atoms with Gasteiger partial charge in [0.1, 0.15) is 0 Å². The molecule has 0 aliphatic rings. The Morgan fingerprint density at radius 2 is 1.67 bits per heavy atom. The van der Waals surface area contributed by atoms with E-state index >= 15 is 0 Å². The van der Waals surface area contributed by atoms with E-state index in [1.165, 1.54) is 4.90 Å². The molecular weight excluding hydrogens is 242 g/mol. The van der Waals surface area contributed by atoms with E-state index in [0.717, 1.165) is 31.5 Å². The molecule has 0 saturated carbocycles. The van der Waals surface area contributed by atoms with Gasteiger partial charge in [-0.05, 0) is 44.3 Å². The van der Waals surface area contributed by atoms with Crippen molar-refractivity contribution in [1.82, 2.24) is 4.90 Å². The molecule has 0 aliphatic heterocycles. The number of hydrogen-bond acceptors (Lipinski definition) is 3. The molecule has 1 rings (SSSR count). The zero-order chi connectivity index (χ0) is 13.4. The van der Waals surface area contributed by atoms with E-state index in [1.807, 2.05) is 30.5 Å². The summed E-state index contributed by atoms with van der Waals surface area (Å²) in [7, 11) is 0. The van der Waals surface area contributed by atoms with Gasteiger partial charge in [0.2, 0.25) is 0 Å². The molecule has 1 aromatic rings. The Morgan fingerprint density at radius 3 is 2.11 bits per heavy atom. The van der Waals surface area contributed by atoms with Crippen LogP contribution in [0, 0.1) is 0 Å². The average Bonchev–Trinajstić information content (AvgIpc) is 2.39. The van der Waals surface area contributed by atoms with E-state index in [9.17, 15) is 4.79 Å². The molecule has 0 amide bonds. The average molecular weight is 265 g/mol. The van der Waals surface area contributed by atoms with Gasteiger partial charge in [-0.15, -0.1) is 11.8 Å². The monoisotopic (exact) mass is 265 g/mol. The molecular formula is C15H23NOS. The van der Waals surface area contributed by atoms with Crippen molar-refractivity contribution in [2.75, 3.05) is 25.9 Å². The molecule has 0 fully saturated rings. The van der Waals surface area contributed by atoms with Crippen molar-refractivity contribution in [3.63, 3.8) is 0 Å². The lowest BCUT2D eigenvalue weighted by atomic mass is 10.1. The largest absolute Gasteiger partial charge is 0.296 e. The summed E-state index contributed by atoms with van der Waals surface area (Å²) >= 11 is 1.70. The maximum atomic E-state index is 12.2. The van der Waals surface area contributed by atoms with Crippen molar-refractivity contribution >= 4 is 17.5 Å². The first kappa shape index (κ1) is 15.3. The van der Waals surface area contributed by atoms with Gasteiger partial charge >= 0.3 is 0 Å². The maximum absolute atomic E-state index is 12.2. The molecule has 2 nitrogen and oxygen atoms in total. The Kier molecular flexibility index (Phi) is 7.06. The molecule has 0 atom stereocenters. The fraction of sp³-hybridized carbons (Fsp3) is 0.533. The molecule has 18 heavy (non-hydrogen) atoms. The van der Waals surface area contributed by atoms with E-state index in [4.69, 9.17) is 0 Å². The highest BCUT2D eigenvalue weighted by molar-refractivity contribution is 7.98. The van der Waals surface area contributed by atoms with Crippen LogP contribution in [0.3, 0.4) is 0 Å². The van der Waals surface area contributed by atoms with Crippen LogP contribution in [-0.4, -0.2) is 36.6 Å². The minimum atomic E-state index is 0.226. The first-order chi connectivity index (χ1) is 8.71. The molecule has 0 N–H and O–H groups in total. The van der Waals surface area contributed by atoms with Crippen LogP contribution in [0.2, 0.25) is 0 Å². The number of ketones is 1. The van der Waals surface area contributed by atoms with E-state index in [-0.39, 0.29) is 5.78 Å². The Morgan fingerprint density at radius 1 is 1.11 bits per heavy atom. The molecule has 0 spiro atoms. The third-order valence-corrected chi connectivity index (χ3v) is 3.60. The molecule has 0 aromatic heterocycles. The highest BCUT2D eigenvalue weighted by Crippen LogP contribution is 2.15. The topological polar surface area (TPSA) is 20.3 Å². The van der Waals surface area contributed by atoms with Crippen molar-refractivity contribution in [3.05, 3.63) is 29.8 Å². The van der Waals surface area contributed by atoms with Crippen LogP contribution in [0.15, 0.2) is 29.2 Å². The van der Waals surface area contributed by atoms with Crippen molar-refractivity contribution in [3.8, 4) is 0 Å². The molecule has 0 bridgehead atoms. The van der Waals surface area contributed by atoms with Crippen LogP contribution in [0.1, 0.15) is 37.0 Å². The summed E-state index contributed by atoms with van der Waals surface area (Å²) < 4.78 is 0. The zero-order valence-electron chi connectivity index (χ0n) is 11.6. The predicted molar refractivity (Wildman–Crippen MR) is 79.6 cm³/mol. The summed E-state index contributed by atoms with van der Waals surface area (Å²) in [6, 6.07) is 7.90. The van der Waals surface area contributed by atoms with Gasteiger partial charge in [-0.1, -0.05) is 26.0 Å². The Balaban J connectivity index is 2.61. The highest BCUT2D eigenvalue weighted by Gasteiger charge is 2.11. The van der Waals surface area contributed by atoms with E-state index in [2.05, 4.69) is 18.7 Å². The minimum absolute atomic E-state index is 0.226. The molecule has 100 valence electrons. The number of benzene rings is 1. The van der Waals surface area contributed by atoms with Gasteiger partial charge in [0.25, 0.3) is 0 Å². The molecule has 3 heteroatoms. The Bertz CT molecular complexity index is 355. The van der Waals surface area contributed by atoms with Crippen LogP contribution in [-0.2, 0) is 0 Å². The minimum Gasteiger partial charge on any atom is -0.296 e. The third kappa shape index (κ3) is 4.83. The fourth-order valence-electron chi connectivity index (χ4n) is 1.97. The fourth-order valence-corrected chi connectivity index (χ4v) is 2.38. The van der Waals surface area contributed by atoms with Crippen LogP contribution < -0.4 is 0 Å². The summed E-state index contributed by atoms with van der Waals surface area (Å²) in [5, 5.41) is 0. The first-order valence-corrected chi connectivity index (χ1v) is 7.83. The van der Waals surface area contributed by atoms with Gasteiger partial charge in [0, 0.05) is 10.5 Å². The summed E-state index contributed by atoms with van der Waals surface area (Å²) in [6.45, 7) is 6.85. The SMILES string of the molecule is CCCN(CCC)CC(=O)c1ccc(SC)cc1. The number of nitrogens with zero attached hydrogens (tertiary/aromatic N) is 1. The maximum Gasteiger partial charge on any atom is 0.176 e. The number of carbonyl (C=O) groups excluding carboxylic acids is 1. The van der Waals surface area contributed by atoms with Gasteiger partial charge in [0.05, 0.1) is 6.54 Å². The third-order valence-electron chi connectivity index (χ3n) is 2.86. The lowest BCUT2D eigenvalue weighted by molar-refractivity contribution is 0.0930. The summed E-state index contributed by atoms with van der Waals surface area (Å²) in [4.78, 5) is 15.6. The molecule has 0 aliphatic carbocycles. The van der Waals surface area contributed by atoms with E-state index in [0.29, 0.717) is 6.54 Å². The zero-order valence-corrected chi connectivity index (χ0v) is 12.4. The molecule has 0 saturated heterocycles. The number of carbonyl (C=O) groups is 1. The Labute approximate surface area is 115 Å². The number of rotatable bonds is 8. The van der Waals surface area contributed by atoms with Crippen molar-refractivity contribution in [2.45, 2.75) is 31.6 Å². The van der Waals surface area contributed by atoms with Gasteiger partial charge in [-0.2, -0.15) is 0 Å². The quantitative estimate of drug-likeness (QED) is 0.528. The van der Waals surface area contributed by atoms with Crippen LogP contribution in [0.25, 0.3) is 0 Å². The summed E-state index contributed by atoms with van der Waals surface area (Å²) in [6.07, 6.45) is 4.23. The van der Waals surface area contributed by atoms with Crippen LogP contribution in [0.4, 0.5) is 0 Å². The smallest absolute Gasteiger partial charge is 0.176 e. The van der Waals surface area contributed by atoms with Crippen molar-refractivity contribution < 1.29 is 4.79 Å². The van der Waals surface area contributed by atoms with Crippen LogP contribution in [0.5, 0.6) is 0 Å². The van der Waals surface area contributed by atoms with Crippen molar-refractivity contribution in [2.24, 2.45) is 0 Å².